The van der Waals surface area contributed by atoms with Crippen molar-refractivity contribution in [1.82, 2.24) is 14.8 Å². The molecule has 1 aliphatic carbocycles. The van der Waals surface area contributed by atoms with E-state index in [-0.39, 0.29) is 11.7 Å². The summed E-state index contributed by atoms with van der Waals surface area (Å²) >= 11 is 0. The summed E-state index contributed by atoms with van der Waals surface area (Å²) in [6.45, 7) is 3.48. The summed E-state index contributed by atoms with van der Waals surface area (Å²) in [6, 6.07) is 9.17. The second kappa shape index (κ2) is 8.17. The second-order valence-electron chi connectivity index (χ2n) is 9.94. The lowest BCUT2D eigenvalue weighted by Gasteiger charge is -2.36. The van der Waals surface area contributed by atoms with Crippen LogP contribution in [0.5, 0.6) is 5.75 Å². The summed E-state index contributed by atoms with van der Waals surface area (Å²) in [5.74, 6) is 1.66. The molecule has 1 aromatic heterocycles. The predicted octanol–water partition coefficient (Wildman–Crippen LogP) is 4.54. The summed E-state index contributed by atoms with van der Waals surface area (Å²) in [6.07, 6.45) is 7.53. The van der Waals surface area contributed by atoms with Crippen LogP contribution >= 0.6 is 0 Å². The van der Waals surface area contributed by atoms with Crippen LogP contribution in [0.1, 0.15) is 46.3 Å². The monoisotopic (exact) mass is 447 g/mol. The topological polar surface area (TPSA) is 48.6 Å². The maximum atomic E-state index is 13.7. The lowest BCUT2D eigenvalue weighted by Crippen LogP contribution is -2.45. The van der Waals surface area contributed by atoms with Gasteiger partial charge in [-0.15, -0.1) is 0 Å². The van der Waals surface area contributed by atoms with E-state index in [9.17, 15) is 9.18 Å². The number of H-pyrrole nitrogens is 1. The minimum absolute atomic E-state index is 0.111. The van der Waals surface area contributed by atoms with Crippen molar-refractivity contribution < 1.29 is 13.9 Å². The zero-order valence-corrected chi connectivity index (χ0v) is 19.1. The van der Waals surface area contributed by atoms with Gasteiger partial charge < -0.3 is 14.6 Å². The van der Waals surface area contributed by atoms with Gasteiger partial charge in [-0.05, 0) is 86.0 Å². The van der Waals surface area contributed by atoms with E-state index in [1.54, 1.807) is 11.0 Å². The van der Waals surface area contributed by atoms with Gasteiger partial charge >= 0.3 is 0 Å². The van der Waals surface area contributed by atoms with Crippen molar-refractivity contribution in [3.05, 3.63) is 64.6 Å². The number of amides is 1. The maximum Gasteiger partial charge on any atom is 0.254 e. The number of fused-ring (bicyclic) bond motifs is 4. The van der Waals surface area contributed by atoms with Crippen LogP contribution in [0.25, 0.3) is 10.9 Å². The molecule has 33 heavy (non-hydrogen) atoms. The molecule has 1 saturated carbocycles. The molecule has 2 aliphatic heterocycles. The van der Waals surface area contributed by atoms with E-state index in [1.165, 1.54) is 30.0 Å². The third kappa shape index (κ3) is 3.90. The van der Waals surface area contributed by atoms with Crippen molar-refractivity contribution in [3.8, 4) is 5.75 Å². The number of rotatable bonds is 7. The van der Waals surface area contributed by atoms with Gasteiger partial charge in [-0.1, -0.05) is 0 Å². The SMILES string of the molecule is CN1Cc2c(ccc3c2C[C@H](N(CCCc2c[nH]c4ccc(F)cc24)CC2CC2)CO3)C1=O. The smallest absolute Gasteiger partial charge is 0.254 e. The van der Waals surface area contributed by atoms with Crippen molar-refractivity contribution >= 4 is 16.8 Å². The third-order valence-electron chi connectivity index (χ3n) is 7.56. The molecule has 2 aromatic carbocycles. The number of halogens is 1. The van der Waals surface area contributed by atoms with E-state index < -0.39 is 0 Å². The van der Waals surface area contributed by atoms with E-state index in [0.717, 1.165) is 66.0 Å². The lowest BCUT2D eigenvalue weighted by molar-refractivity contribution is 0.0816. The third-order valence-corrected chi connectivity index (χ3v) is 7.56. The average Bonchev–Trinajstić information content (AvgIpc) is 3.48. The molecule has 1 amide bonds. The first-order valence-electron chi connectivity index (χ1n) is 12.1. The number of hydrogen-bond donors (Lipinski definition) is 1. The van der Waals surface area contributed by atoms with Gasteiger partial charge in [-0.25, -0.2) is 4.39 Å². The molecule has 0 bridgehead atoms. The number of carbonyl (C=O) groups is 1. The molecule has 3 heterocycles. The molecule has 6 rings (SSSR count). The first-order chi connectivity index (χ1) is 16.1. The number of hydrogen-bond acceptors (Lipinski definition) is 3. The van der Waals surface area contributed by atoms with Gasteiger partial charge in [0.2, 0.25) is 0 Å². The molecule has 1 fully saturated rings. The zero-order chi connectivity index (χ0) is 22.5. The quantitative estimate of drug-likeness (QED) is 0.579. The Morgan fingerprint density at radius 1 is 1.21 bits per heavy atom. The highest BCUT2D eigenvalue weighted by atomic mass is 19.1. The Balaban J connectivity index is 1.18. The van der Waals surface area contributed by atoms with Gasteiger partial charge in [0, 0.05) is 54.4 Å². The van der Waals surface area contributed by atoms with E-state index in [2.05, 4.69) is 9.88 Å². The summed E-state index contributed by atoms with van der Waals surface area (Å²) in [5, 5.41) is 0.989. The molecule has 3 aliphatic rings. The van der Waals surface area contributed by atoms with Gasteiger partial charge in [0.1, 0.15) is 18.2 Å². The minimum Gasteiger partial charge on any atom is -0.492 e. The largest absolute Gasteiger partial charge is 0.492 e. The van der Waals surface area contributed by atoms with Crippen molar-refractivity contribution in [2.75, 3.05) is 26.7 Å². The Kier molecular flexibility index (Phi) is 5.13. The minimum atomic E-state index is -0.187. The highest BCUT2D eigenvalue weighted by Gasteiger charge is 2.35. The van der Waals surface area contributed by atoms with Crippen LogP contribution in [0.3, 0.4) is 0 Å². The van der Waals surface area contributed by atoms with Crippen LogP contribution in [-0.2, 0) is 19.4 Å². The van der Waals surface area contributed by atoms with Gasteiger partial charge in [0.25, 0.3) is 5.91 Å². The molecule has 0 unspecified atom stereocenters. The fourth-order valence-electron chi connectivity index (χ4n) is 5.53. The number of benzene rings is 2. The van der Waals surface area contributed by atoms with Gasteiger partial charge in [-0.2, -0.15) is 0 Å². The first-order valence-corrected chi connectivity index (χ1v) is 12.1. The number of ether oxygens (including phenoxy) is 1. The fraction of sp³-hybridized carbons (Fsp3) is 0.444. The van der Waals surface area contributed by atoms with E-state index in [0.29, 0.717) is 19.2 Å². The molecule has 3 aromatic rings. The summed E-state index contributed by atoms with van der Waals surface area (Å²) in [7, 11) is 1.87. The lowest BCUT2D eigenvalue weighted by atomic mass is 9.93. The summed E-state index contributed by atoms with van der Waals surface area (Å²) < 4.78 is 20.0. The Morgan fingerprint density at radius 2 is 2.09 bits per heavy atom. The Morgan fingerprint density at radius 3 is 2.94 bits per heavy atom. The van der Waals surface area contributed by atoms with Gasteiger partial charge in [0.15, 0.2) is 0 Å². The first kappa shape index (κ1) is 20.7. The van der Waals surface area contributed by atoms with Crippen LogP contribution in [0, 0.1) is 11.7 Å². The predicted molar refractivity (Wildman–Crippen MR) is 126 cm³/mol. The normalized spacial score (nSPS) is 19.8. The molecule has 0 spiro atoms. The molecule has 172 valence electrons. The maximum absolute atomic E-state index is 13.7. The van der Waals surface area contributed by atoms with Crippen molar-refractivity contribution in [1.29, 1.82) is 0 Å². The Labute approximate surface area is 193 Å². The van der Waals surface area contributed by atoms with Crippen LogP contribution in [0.15, 0.2) is 36.5 Å². The fourth-order valence-corrected chi connectivity index (χ4v) is 5.53. The number of aromatic amines is 1. The molecule has 5 nitrogen and oxygen atoms in total. The van der Waals surface area contributed by atoms with E-state index in [1.807, 2.05) is 31.4 Å². The summed E-state index contributed by atoms with van der Waals surface area (Å²) in [4.78, 5) is 20.1. The van der Waals surface area contributed by atoms with Crippen LogP contribution in [0.2, 0.25) is 0 Å². The van der Waals surface area contributed by atoms with Crippen molar-refractivity contribution in [2.45, 2.75) is 44.7 Å². The Hall–Kier alpha value is -2.86. The van der Waals surface area contributed by atoms with Crippen LogP contribution in [-0.4, -0.2) is 53.5 Å². The second-order valence-corrected chi connectivity index (χ2v) is 9.94. The van der Waals surface area contributed by atoms with Crippen molar-refractivity contribution in [3.63, 3.8) is 0 Å². The molecule has 1 N–H and O–H groups in total. The summed E-state index contributed by atoms with van der Waals surface area (Å²) in [5.41, 5.74) is 5.37. The number of nitrogens with one attached hydrogen (secondary N) is 1. The van der Waals surface area contributed by atoms with Crippen LogP contribution in [0.4, 0.5) is 4.39 Å². The highest BCUT2D eigenvalue weighted by molar-refractivity contribution is 5.99. The average molecular weight is 448 g/mol. The number of aromatic nitrogens is 1. The molecule has 6 heteroatoms. The molecular weight excluding hydrogens is 417 g/mol. The molecule has 1 atom stereocenters. The Bertz CT molecular complexity index is 1220. The van der Waals surface area contributed by atoms with Crippen molar-refractivity contribution in [2.24, 2.45) is 5.92 Å². The highest BCUT2D eigenvalue weighted by Crippen LogP contribution is 2.37. The van der Waals surface area contributed by atoms with E-state index >= 15 is 0 Å². The molecule has 0 radical (unpaired) electrons. The van der Waals surface area contributed by atoms with E-state index in [4.69, 9.17) is 4.74 Å². The number of aryl methyl sites for hydroxylation is 1. The molecular formula is C27H30FN3O2. The number of carbonyl (C=O) groups excluding carboxylic acids is 1. The van der Waals surface area contributed by atoms with Gasteiger partial charge in [-0.3, -0.25) is 9.69 Å². The van der Waals surface area contributed by atoms with Crippen LogP contribution < -0.4 is 4.74 Å². The van der Waals surface area contributed by atoms with Gasteiger partial charge in [0.05, 0.1) is 0 Å². The standard InChI is InChI=1S/C27H30FN3O2/c1-30-15-24-21(27(30)32)7-9-26-23(24)12-20(16-33-26)31(14-17-4-5-17)10-2-3-18-13-29-25-8-6-19(28)11-22(18)25/h6-9,11,13,17,20,29H,2-5,10,12,14-16H2,1H3/t20-/m0/s1. The number of nitrogens with zero attached hydrogens (tertiary/aromatic N) is 2. The molecule has 0 saturated heterocycles. The zero-order valence-electron chi connectivity index (χ0n) is 19.1.